The summed E-state index contributed by atoms with van der Waals surface area (Å²) in [4.78, 5) is 24.0. The van der Waals surface area contributed by atoms with Gasteiger partial charge in [0.2, 0.25) is 5.91 Å². The van der Waals surface area contributed by atoms with Crippen LogP contribution in [0, 0.1) is 6.92 Å². The van der Waals surface area contributed by atoms with Gasteiger partial charge in [-0.05, 0) is 26.0 Å². The lowest BCUT2D eigenvalue weighted by molar-refractivity contribution is -0.120. The lowest BCUT2D eigenvalue weighted by Crippen LogP contribution is -2.55. The van der Waals surface area contributed by atoms with E-state index in [1.807, 2.05) is 44.1 Å². The number of aliphatic imine (C=N–C) groups is 1. The normalized spacial score (nSPS) is 19.5. The minimum Gasteiger partial charge on any atom is -0.465 e. The van der Waals surface area contributed by atoms with E-state index in [-0.39, 0.29) is 18.5 Å². The van der Waals surface area contributed by atoms with E-state index >= 15 is 0 Å². The number of aromatic nitrogens is 2. The summed E-state index contributed by atoms with van der Waals surface area (Å²) in [6.45, 7) is 9.98. The second kappa shape index (κ2) is 10.2. The van der Waals surface area contributed by atoms with Crippen molar-refractivity contribution < 1.29 is 13.9 Å². The van der Waals surface area contributed by atoms with Crippen LogP contribution >= 0.6 is 0 Å². The van der Waals surface area contributed by atoms with E-state index in [1.54, 1.807) is 15.8 Å². The molecule has 2 saturated heterocycles. The van der Waals surface area contributed by atoms with Crippen LogP contribution < -0.4 is 10.2 Å². The van der Waals surface area contributed by atoms with Gasteiger partial charge in [0.15, 0.2) is 5.96 Å². The number of aryl methyl sites for hydroxylation is 2. The molecule has 2 fully saturated rings. The lowest BCUT2D eigenvalue weighted by atomic mass is 10.1. The highest BCUT2D eigenvalue weighted by atomic mass is 16.5. The Morgan fingerprint density at radius 1 is 1.25 bits per heavy atom. The third-order valence-corrected chi connectivity index (χ3v) is 5.85. The number of morpholine rings is 1. The minimum atomic E-state index is 0.0358. The molecule has 32 heavy (non-hydrogen) atoms. The summed E-state index contributed by atoms with van der Waals surface area (Å²) < 4.78 is 13.2. The average molecular weight is 444 g/mol. The zero-order chi connectivity index (χ0) is 22.5. The first-order valence-electron chi connectivity index (χ1n) is 11.3. The summed E-state index contributed by atoms with van der Waals surface area (Å²) in [5.41, 5.74) is 0.833. The first-order chi connectivity index (χ1) is 15.5. The van der Waals surface area contributed by atoms with Crippen LogP contribution in [0.15, 0.2) is 33.9 Å². The number of rotatable bonds is 6. The second-order valence-corrected chi connectivity index (χ2v) is 8.15. The Hall–Kier alpha value is -2.85. The Balaban J connectivity index is 1.48. The van der Waals surface area contributed by atoms with Crippen LogP contribution in [0.4, 0.5) is 5.69 Å². The quantitative estimate of drug-likeness (QED) is 0.526. The molecule has 0 aliphatic carbocycles. The number of carbonyl (C=O) groups excluding carboxylic acids is 1. The average Bonchev–Trinajstić information content (AvgIpc) is 3.42. The van der Waals surface area contributed by atoms with E-state index < -0.39 is 0 Å². The summed E-state index contributed by atoms with van der Waals surface area (Å²) in [7, 11) is 1.85. The molecule has 10 nitrogen and oxygen atoms in total. The van der Waals surface area contributed by atoms with Crippen LogP contribution in [-0.4, -0.2) is 90.5 Å². The third kappa shape index (κ3) is 5.13. The molecule has 2 aliphatic rings. The number of ether oxygens (including phenoxy) is 1. The third-order valence-electron chi connectivity index (χ3n) is 5.85. The summed E-state index contributed by atoms with van der Waals surface area (Å²) in [5, 5.41) is 7.55. The van der Waals surface area contributed by atoms with Gasteiger partial charge in [-0.2, -0.15) is 5.10 Å². The number of hydrogen-bond acceptors (Lipinski definition) is 6. The fourth-order valence-corrected chi connectivity index (χ4v) is 4.18. The topological polar surface area (TPSA) is 91.4 Å². The smallest absolute Gasteiger partial charge is 0.246 e. The highest BCUT2D eigenvalue weighted by molar-refractivity contribution is 5.98. The van der Waals surface area contributed by atoms with E-state index in [2.05, 4.69) is 15.3 Å². The predicted molar refractivity (Wildman–Crippen MR) is 122 cm³/mol. The van der Waals surface area contributed by atoms with Gasteiger partial charge < -0.3 is 24.3 Å². The highest BCUT2D eigenvalue weighted by Crippen LogP contribution is 2.24. The van der Waals surface area contributed by atoms with Crippen LogP contribution in [0.25, 0.3) is 0 Å². The van der Waals surface area contributed by atoms with Gasteiger partial charge >= 0.3 is 0 Å². The molecule has 0 radical (unpaired) electrons. The Kier molecular flexibility index (Phi) is 7.11. The number of nitrogens with zero attached hydrogens (tertiary/aromatic N) is 6. The monoisotopic (exact) mass is 443 g/mol. The summed E-state index contributed by atoms with van der Waals surface area (Å²) in [5.74, 6) is 2.61. The molecule has 1 N–H and O–H groups in total. The summed E-state index contributed by atoms with van der Waals surface area (Å²) in [6.07, 6.45) is 3.59. The highest BCUT2D eigenvalue weighted by Gasteiger charge is 2.29. The SMILES string of the molecule is CCNC(=NCC(c1ccc(C)o1)N1CCOCC1)N1CCN(c2cnn(C)c2)C(=O)C1. The molecule has 0 saturated carbocycles. The van der Waals surface area contributed by atoms with Crippen molar-refractivity contribution in [2.75, 3.05) is 63.9 Å². The van der Waals surface area contributed by atoms with Crippen molar-refractivity contribution in [1.82, 2.24) is 24.9 Å². The maximum atomic E-state index is 12.9. The lowest BCUT2D eigenvalue weighted by Gasteiger charge is -2.36. The van der Waals surface area contributed by atoms with Crippen LogP contribution in [0.5, 0.6) is 0 Å². The number of furan rings is 1. The van der Waals surface area contributed by atoms with Gasteiger partial charge in [0.1, 0.15) is 18.1 Å². The Morgan fingerprint density at radius 2 is 2.06 bits per heavy atom. The van der Waals surface area contributed by atoms with Gasteiger partial charge in [-0.25, -0.2) is 0 Å². The van der Waals surface area contributed by atoms with E-state index in [1.165, 1.54) is 0 Å². The van der Waals surface area contributed by atoms with Gasteiger partial charge in [0, 0.05) is 46.0 Å². The summed E-state index contributed by atoms with van der Waals surface area (Å²) >= 11 is 0. The second-order valence-electron chi connectivity index (χ2n) is 8.15. The molecule has 1 amide bonds. The van der Waals surface area contributed by atoms with Gasteiger partial charge in [-0.1, -0.05) is 0 Å². The standard InChI is InChI=1S/C22H33N7O3/c1-4-23-22(28-7-8-29(21(30)16-28)18-13-25-26(3)15-18)24-14-19(20-6-5-17(2)32-20)27-9-11-31-12-10-27/h5-6,13,15,19H,4,7-12,14,16H2,1-3H3,(H,23,24). The van der Waals surface area contributed by atoms with Gasteiger partial charge in [-0.15, -0.1) is 0 Å². The number of amides is 1. The largest absolute Gasteiger partial charge is 0.465 e. The van der Waals surface area contributed by atoms with Crippen molar-refractivity contribution in [3.63, 3.8) is 0 Å². The Morgan fingerprint density at radius 3 is 2.69 bits per heavy atom. The molecule has 4 rings (SSSR count). The van der Waals surface area contributed by atoms with Crippen molar-refractivity contribution in [1.29, 1.82) is 0 Å². The fourth-order valence-electron chi connectivity index (χ4n) is 4.18. The first kappa shape index (κ1) is 22.3. The van der Waals surface area contributed by atoms with Crippen LogP contribution in [-0.2, 0) is 16.6 Å². The molecule has 2 aromatic heterocycles. The van der Waals surface area contributed by atoms with Gasteiger partial charge in [-0.3, -0.25) is 19.4 Å². The van der Waals surface area contributed by atoms with Gasteiger partial charge in [0.25, 0.3) is 0 Å². The van der Waals surface area contributed by atoms with E-state index in [9.17, 15) is 4.79 Å². The number of hydrogen-bond donors (Lipinski definition) is 1. The maximum absolute atomic E-state index is 12.9. The first-order valence-corrected chi connectivity index (χ1v) is 11.3. The molecule has 2 aliphatic heterocycles. The van der Waals surface area contributed by atoms with E-state index in [0.29, 0.717) is 32.8 Å². The molecule has 174 valence electrons. The molecular weight excluding hydrogens is 410 g/mol. The molecule has 10 heteroatoms. The molecular formula is C22H33N7O3. The van der Waals surface area contributed by atoms with E-state index in [4.69, 9.17) is 14.1 Å². The molecule has 1 unspecified atom stereocenters. The molecule has 1 atom stereocenters. The van der Waals surface area contributed by atoms with Gasteiger partial charge in [0.05, 0.1) is 37.7 Å². The Labute approximate surface area is 188 Å². The Bertz CT molecular complexity index is 932. The molecule has 0 bridgehead atoms. The minimum absolute atomic E-state index is 0.0358. The number of carbonyl (C=O) groups is 1. The fraction of sp³-hybridized carbons (Fsp3) is 0.591. The van der Waals surface area contributed by atoms with Crippen molar-refractivity contribution in [2.24, 2.45) is 12.0 Å². The molecule has 0 spiro atoms. The molecule has 0 aromatic carbocycles. The van der Waals surface area contributed by atoms with Crippen LogP contribution in [0.3, 0.4) is 0 Å². The zero-order valence-electron chi connectivity index (χ0n) is 19.2. The number of guanidine groups is 1. The van der Waals surface area contributed by atoms with E-state index in [0.717, 1.165) is 42.8 Å². The van der Waals surface area contributed by atoms with Crippen molar-refractivity contribution in [2.45, 2.75) is 19.9 Å². The number of anilines is 1. The van der Waals surface area contributed by atoms with Crippen molar-refractivity contribution in [3.05, 3.63) is 36.0 Å². The molecule has 2 aromatic rings. The molecule has 4 heterocycles. The van der Waals surface area contributed by atoms with Crippen LogP contribution in [0.1, 0.15) is 24.5 Å². The van der Waals surface area contributed by atoms with Crippen molar-refractivity contribution in [3.8, 4) is 0 Å². The maximum Gasteiger partial charge on any atom is 0.246 e. The number of piperazine rings is 1. The van der Waals surface area contributed by atoms with Crippen molar-refractivity contribution >= 4 is 17.6 Å². The predicted octanol–water partition coefficient (Wildman–Crippen LogP) is 1.01. The summed E-state index contributed by atoms with van der Waals surface area (Å²) in [6, 6.07) is 4.07. The number of nitrogens with one attached hydrogen (secondary N) is 1. The van der Waals surface area contributed by atoms with Crippen LogP contribution in [0.2, 0.25) is 0 Å². The zero-order valence-corrected chi connectivity index (χ0v) is 19.2.